The van der Waals surface area contributed by atoms with Crippen LogP contribution in [-0.2, 0) is 0 Å². The van der Waals surface area contributed by atoms with Crippen LogP contribution in [0.3, 0.4) is 0 Å². The summed E-state index contributed by atoms with van der Waals surface area (Å²) >= 11 is 0. The molecule has 1 atom stereocenters. The van der Waals surface area contributed by atoms with Crippen molar-refractivity contribution in [3.63, 3.8) is 0 Å². The van der Waals surface area contributed by atoms with E-state index >= 15 is 0 Å². The molecule has 66 valence electrons. The van der Waals surface area contributed by atoms with E-state index in [9.17, 15) is 0 Å². The third-order valence-corrected chi connectivity index (χ3v) is 2.27. The zero-order chi connectivity index (χ0) is 9.10. The lowest BCUT2D eigenvalue weighted by Crippen LogP contribution is -1.94. The van der Waals surface area contributed by atoms with E-state index in [1.807, 2.05) is 12.1 Å². The summed E-state index contributed by atoms with van der Waals surface area (Å²) in [7, 11) is 0. The fourth-order valence-electron chi connectivity index (χ4n) is 1.56. The zero-order valence-electron chi connectivity index (χ0n) is 7.64. The summed E-state index contributed by atoms with van der Waals surface area (Å²) in [6.07, 6.45) is 4.77. The van der Waals surface area contributed by atoms with Crippen LogP contribution in [0.25, 0.3) is 6.08 Å². The van der Waals surface area contributed by atoms with Crippen LogP contribution in [0.15, 0.2) is 40.7 Å². The van der Waals surface area contributed by atoms with Crippen molar-refractivity contribution in [2.45, 2.75) is 19.4 Å². The third-order valence-electron chi connectivity index (χ3n) is 2.27. The molecule has 2 heteroatoms. The molecule has 1 heterocycles. The minimum absolute atomic E-state index is 0.228. The van der Waals surface area contributed by atoms with Crippen molar-refractivity contribution < 1.29 is 0 Å². The van der Waals surface area contributed by atoms with Gasteiger partial charge < -0.3 is 0 Å². The van der Waals surface area contributed by atoms with Crippen LogP contribution in [0.1, 0.15) is 30.5 Å². The molecule has 0 N–H and O–H groups in total. The minimum atomic E-state index is 0.228. The predicted molar refractivity (Wildman–Crippen MR) is 53.4 cm³/mol. The predicted octanol–water partition coefficient (Wildman–Crippen LogP) is 3.57. The van der Waals surface area contributed by atoms with E-state index < -0.39 is 0 Å². The fraction of sp³-hybridized carbons (Fsp3) is 0.273. The lowest BCUT2D eigenvalue weighted by atomic mass is 9.99. The Morgan fingerprint density at radius 1 is 1.31 bits per heavy atom. The maximum Gasteiger partial charge on any atom is 0.0965 e. The maximum atomic E-state index is 4.22. The molecule has 0 fully saturated rings. The minimum Gasteiger partial charge on any atom is -0.181 e. The normalized spacial score (nSPS) is 19.6. The lowest BCUT2D eigenvalue weighted by molar-refractivity contribution is 0.666. The SMILES string of the molecule is CCC1N=NC=Cc2ccccc21. The van der Waals surface area contributed by atoms with Gasteiger partial charge in [-0.2, -0.15) is 10.2 Å². The van der Waals surface area contributed by atoms with Gasteiger partial charge in [-0.05, 0) is 23.6 Å². The molecule has 0 bridgehead atoms. The molecule has 2 nitrogen and oxygen atoms in total. The van der Waals surface area contributed by atoms with Gasteiger partial charge in [-0.3, -0.25) is 0 Å². The monoisotopic (exact) mass is 172 g/mol. The highest BCUT2D eigenvalue weighted by atomic mass is 15.1. The first kappa shape index (κ1) is 8.17. The summed E-state index contributed by atoms with van der Waals surface area (Å²) in [6.45, 7) is 2.13. The molecule has 0 spiro atoms. The molecular weight excluding hydrogens is 160 g/mol. The fourth-order valence-corrected chi connectivity index (χ4v) is 1.56. The van der Waals surface area contributed by atoms with Crippen molar-refractivity contribution in [3.05, 3.63) is 41.6 Å². The Bertz CT molecular complexity index is 353. The van der Waals surface area contributed by atoms with E-state index in [1.54, 1.807) is 6.20 Å². The third kappa shape index (κ3) is 1.52. The van der Waals surface area contributed by atoms with E-state index in [0.717, 1.165) is 6.42 Å². The standard InChI is InChI=1S/C11H12N2/c1-2-11-10-6-4-3-5-9(10)7-8-12-13-11/h3-8,11H,2H2,1H3. The van der Waals surface area contributed by atoms with E-state index in [0.29, 0.717) is 0 Å². The number of fused-ring (bicyclic) bond motifs is 1. The number of hydrogen-bond acceptors (Lipinski definition) is 2. The molecule has 0 saturated carbocycles. The van der Waals surface area contributed by atoms with Gasteiger partial charge in [0.15, 0.2) is 0 Å². The number of azo groups is 1. The summed E-state index contributed by atoms with van der Waals surface area (Å²) in [5.74, 6) is 0. The van der Waals surface area contributed by atoms with Crippen LogP contribution in [0, 0.1) is 0 Å². The van der Waals surface area contributed by atoms with Crippen LogP contribution in [0.5, 0.6) is 0 Å². The summed E-state index contributed by atoms with van der Waals surface area (Å²) in [5.41, 5.74) is 2.52. The quantitative estimate of drug-likeness (QED) is 0.618. The molecule has 0 aliphatic carbocycles. The maximum absolute atomic E-state index is 4.22. The van der Waals surface area contributed by atoms with E-state index in [-0.39, 0.29) is 6.04 Å². The Balaban J connectivity index is 2.50. The first-order valence-corrected chi connectivity index (χ1v) is 4.57. The number of rotatable bonds is 1. The van der Waals surface area contributed by atoms with Gasteiger partial charge in [-0.25, -0.2) is 0 Å². The summed E-state index contributed by atoms with van der Waals surface area (Å²) < 4.78 is 0. The first-order chi connectivity index (χ1) is 6.42. The molecule has 0 aromatic heterocycles. The van der Waals surface area contributed by atoms with Gasteiger partial charge in [0, 0.05) is 6.20 Å². The van der Waals surface area contributed by atoms with Gasteiger partial charge in [0.1, 0.15) is 0 Å². The number of benzene rings is 1. The average molecular weight is 172 g/mol. The Kier molecular flexibility index (Phi) is 2.21. The largest absolute Gasteiger partial charge is 0.181 e. The van der Waals surface area contributed by atoms with Crippen LogP contribution in [-0.4, -0.2) is 0 Å². The Hall–Kier alpha value is -1.44. The second-order valence-electron chi connectivity index (χ2n) is 3.10. The average Bonchev–Trinajstić information content (AvgIpc) is 2.39. The highest BCUT2D eigenvalue weighted by molar-refractivity contribution is 5.55. The molecule has 0 saturated heterocycles. The van der Waals surface area contributed by atoms with Crippen molar-refractivity contribution in [2.24, 2.45) is 10.2 Å². The molecule has 1 unspecified atom stereocenters. The van der Waals surface area contributed by atoms with E-state index in [2.05, 4.69) is 35.4 Å². The summed E-state index contributed by atoms with van der Waals surface area (Å²) in [4.78, 5) is 0. The molecule has 1 aromatic carbocycles. The summed E-state index contributed by atoms with van der Waals surface area (Å²) in [5, 5.41) is 8.20. The van der Waals surface area contributed by atoms with Gasteiger partial charge in [-0.1, -0.05) is 31.2 Å². The highest BCUT2D eigenvalue weighted by Crippen LogP contribution is 2.27. The molecule has 1 aromatic rings. The zero-order valence-corrected chi connectivity index (χ0v) is 7.64. The van der Waals surface area contributed by atoms with Gasteiger partial charge in [0.2, 0.25) is 0 Å². The van der Waals surface area contributed by atoms with Gasteiger partial charge >= 0.3 is 0 Å². The molecule has 0 radical (unpaired) electrons. The first-order valence-electron chi connectivity index (χ1n) is 4.57. The van der Waals surface area contributed by atoms with Gasteiger partial charge in [-0.15, -0.1) is 0 Å². The highest BCUT2D eigenvalue weighted by Gasteiger charge is 2.11. The number of nitrogens with zero attached hydrogens (tertiary/aromatic N) is 2. The van der Waals surface area contributed by atoms with Crippen molar-refractivity contribution in [2.75, 3.05) is 0 Å². The van der Waals surface area contributed by atoms with E-state index in [1.165, 1.54) is 11.1 Å². The molecule has 1 aliphatic rings. The molecule has 0 amide bonds. The van der Waals surface area contributed by atoms with Crippen molar-refractivity contribution in [3.8, 4) is 0 Å². The van der Waals surface area contributed by atoms with Crippen molar-refractivity contribution in [1.29, 1.82) is 0 Å². The van der Waals surface area contributed by atoms with Crippen LogP contribution < -0.4 is 0 Å². The number of hydrogen-bond donors (Lipinski definition) is 0. The second kappa shape index (κ2) is 3.52. The van der Waals surface area contributed by atoms with Gasteiger partial charge in [0.25, 0.3) is 0 Å². The molecule has 1 aliphatic heterocycles. The second-order valence-corrected chi connectivity index (χ2v) is 3.10. The Labute approximate surface area is 78.0 Å². The lowest BCUT2D eigenvalue weighted by Gasteiger charge is -2.09. The van der Waals surface area contributed by atoms with Crippen LogP contribution in [0.4, 0.5) is 0 Å². The topological polar surface area (TPSA) is 24.7 Å². The van der Waals surface area contributed by atoms with Crippen molar-refractivity contribution in [1.82, 2.24) is 0 Å². The van der Waals surface area contributed by atoms with Crippen molar-refractivity contribution >= 4 is 6.08 Å². The Morgan fingerprint density at radius 3 is 3.00 bits per heavy atom. The Morgan fingerprint density at radius 2 is 2.15 bits per heavy atom. The van der Waals surface area contributed by atoms with E-state index in [4.69, 9.17) is 0 Å². The molecular formula is C11H12N2. The molecule has 13 heavy (non-hydrogen) atoms. The summed E-state index contributed by atoms with van der Waals surface area (Å²) in [6, 6.07) is 8.55. The smallest absolute Gasteiger partial charge is 0.0965 e. The van der Waals surface area contributed by atoms with Crippen LogP contribution in [0.2, 0.25) is 0 Å². The molecule has 2 rings (SSSR count). The van der Waals surface area contributed by atoms with Crippen LogP contribution >= 0.6 is 0 Å². The van der Waals surface area contributed by atoms with Gasteiger partial charge in [0.05, 0.1) is 6.04 Å².